The third kappa shape index (κ3) is 57.6. The fourth-order valence-corrected chi connectivity index (χ4v) is 8.60. The van der Waals surface area contributed by atoms with E-state index in [1.165, 1.54) is 161 Å². The van der Waals surface area contributed by atoms with Crippen molar-refractivity contribution >= 4 is 17.9 Å². The van der Waals surface area contributed by atoms with Crippen LogP contribution in [0.2, 0.25) is 0 Å². The quantitative estimate of drug-likeness (QED) is 0.0261. The molecule has 0 radical (unpaired) electrons. The molecule has 0 aliphatic carbocycles. The van der Waals surface area contributed by atoms with Gasteiger partial charge in [0.1, 0.15) is 13.2 Å². The summed E-state index contributed by atoms with van der Waals surface area (Å²) >= 11 is 0. The summed E-state index contributed by atoms with van der Waals surface area (Å²) in [4.78, 5) is 38.2. The molecule has 6 heteroatoms. The summed E-state index contributed by atoms with van der Waals surface area (Å²) in [5, 5.41) is 0. The second-order valence-electron chi connectivity index (χ2n) is 20.2. The first-order chi connectivity index (χ1) is 35.0. The molecule has 0 N–H and O–H groups in total. The molecule has 0 aliphatic heterocycles. The Morgan fingerprint density at radius 3 is 0.873 bits per heavy atom. The Hall–Kier alpha value is -3.15. The van der Waals surface area contributed by atoms with Gasteiger partial charge in [-0.3, -0.25) is 14.4 Å². The van der Waals surface area contributed by atoms with Gasteiger partial charge in [0.25, 0.3) is 0 Å². The highest BCUT2D eigenvalue weighted by Gasteiger charge is 2.19. The molecular formula is C65H114O6. The van der Waals surface area contributed by atoms with Gasteiger partial charge in [-0.2, -0.15) is 0 Å². The molecule has 71 heavy (non-hydrogen) atoms. The van der Waals surface area contributed by atoms with Crippen LogP contribution in [-0.2, 0) is 28.6 Å². The molecule has 6 nitrogen and oxygen atoms in total. The van der Waals surface area contributed by atoms with Crippen LogP contribution in [0.1, 0.15) is 303 Å². The first-order valence-electron chi connectivity index (χ1n) is 30.4. The highest BCUT2D eigenvalue weighted by Crippen LogP contribution is 2.15. The number of hydrogen-bond acceptors (Lipinski definition) is 6. The lowest BCUT2D eigenvalue weighted by Gasteiger charge is -2.18. The van der Waals surface area contributed by atoms with Crippen molar-refractivity contribution in [1.29, 1.82) is 0 Å². The van der Waals surface area contributed by atoms with E-state index in [9.17, 15) is 14.4 Å². The van der Waals surface area contributed by atoms with Crippen molar-refractivity contribution in [2.24, 2.45) is 0 Å². The molecule has 0 amide bonds. The van der Waals surface area contributed by atoms with Gasteiger partial charge < -0.3 is 14.2 Å². The summed E-state index contributed by atoms with van der Waals surface area (Å²) in [6.45, 7) is 6.52. The molecular weight excluding hydrogens is 877 g/mol. The van der Waals surface area contributed by atoms with Crippen LogP contribution in [0.4, 0.5) is 0 Å². The van der Waals surface area contributed by atoms with Gasteiger partial charge in [0.05, 0.1) is 0 Å². The zero-order chi connectivity index (χ0) is 51.4. The van der Waals surface area contributed by atoms with Gasteiger partial charge in [0.2, 0.25) is 0 Å². The maximum atomic E-state index is 12.9. The van der Waals surface area contributed by atoms with Crippen LogP contribution in [0.5, 0.6) is 0 Å². The lowest BCUT2D eigenvalue weighted by Crippen LogP contribution is -2.30. The van der Waals surface area contributed by atoms with E-state index in [2.05, 4.69) is 93.7 Å². The molecule has 0 bridgehead atoms. The molecule has 410 valence electrons. The van der Waals surface area contributed by atoms with E-state index in [-0.39, 0.29) is 31.1 Å². The summed E-state index contributed by atoms with van der Waals surface area (Å²) in [6, 6.07) is 0. The van der Waals surface area contributed by atoms with Crippen molar-refractivity contribution < 1.29 is 28.6 Å². The molecule has 0 fully saturated rings. The molecule has 0 aromatic rings. The zero-order valence-electron chi connectivity index (χ0n) is 47.0. The number of unbranched alkanes of at least 4 members (excludes halogenated alkanes) is 32. The molecule has 0 saturated heterocycles. The highest BCUT2D eigenvalue weighted by atomic mass is 16.6. The number of esters is 3. The van der Waals surface area contributed by atoms with E-state index in [1.807, 2.05) is 0 Å². The Balaban J connectivity index is 4.39. The van der Waals surface area contributed by atoms with Crippen LogP contribution in [0.3, 0.4) is 0 Å². The summed E-state index contributed by atoms with van der Waals surface area (Å²) < 4.78 is 16.9. The fraction of sp³-hybridized carbons (Fsp3) is 0.769. The van der Waals surface area contributed by atoms with Gasteiger partial charge in [-0.25, -0.2) is 0 Å². The van der Waals surface area contributed by atoms with Crippen LogP contribution in [0.25, 0.3) is 0 Å². The molecule has 1 atom stereocenters. The van der Waals surface area contributed by atoms with Gasteiger partial charge in [0.15, 0.2) is 6.10 Å². The maximum absolute atomic E-state index is 12.9. The lowest BCUT2D eigenvalue weighted by atomic mass is 10.1. The van der Waals surface area contributed by atoms with Gasteiger partial charge in [-0.1, -0.05) is 248 Å². The molecule has 0 rings (SSSR count). The topological polar surface area (TPSA) is 78.9 Å². The average Bonchev–Trinajstić information content (AvgIpc) is 3.37. The molecule has 0 spiro atoms. The molecule has 0 saturated carbocycles. The number of allylic oxidation sites excluding steroid dienone is 12. The number of rotatable bonds is 55. The summed E-state index contributed by atoms with van der Waals surface area (Å²) in [7, 11) is 0. The minimum absolute atomic E-state index is 0.0881. The van der Waals surface area contributed by atoms with E-state index in [4.69, 9.17) is 14.2 Å². The Kier molecular flexibility index (Phi) is 56.8. The third-order valence-electron chi connectivity index (χ3n) is 13.2. The summed E-state index contributed by atoms with van der Waals surface area (Å²) in [6.07, 6.45) is 76.1. The predicted octanol–water partition coefficient (Wildman–Crippen LogP) is 20.5. The minimum Gasteiger partial charge on any atom is -0.462 e. The van der Waals surface area contributed by atoms with Crippen LogP contribution in [-0.4, -0.2) is 37.2 Å². The van der Waals surface area contributed by atoms with E-state index in [0.29, 0.717) is 19.3 Å². The molecule has 0 heterocycles. The van der Waals surface area contributed by atoms with Crippen molar-refractivity contribution in [2.45, 2.75) is 309 Å². The van der Waals surface area contributed by atoms with Gasteiger partial charge >= 0.3 is 17.9 Å². The first kappa shape index (κ1) is 67.8. The monoisotopic (exact) mass is 991 g/mol. The molecule has 0 aromatic carbocycles. The Morgan fingerprint density at radius 1 is 0.296 bits per heavy atom. The van der Waals surface area contributed by atoms with E-state index >= 15 is 0 Å². The highest BCUT2D eigenvalue weighted by molar-refractivity contribution is 5.71. The van der Waals surface area contributed by atoms with Crippen molar-refractivity contribution in [2.75, 3.05) is 13.2 Å². The van der Waals surface area contributed by atoms with Gasteiger partial charge in [-0.05, 0) is 109 Å². The standard InChI is InChI=1S/C65H114O6/c1-4-7-10-13-16-19-22-25-28-30-31-32-33-35-37-40-43-46-49-52-55-58-64(67)70-61-62(60-69-63(66)57-54-51-48-45-42-39-36-27-24-21-18-15-12-9-6-3)71-65(68)59-56-53-50-47-44-41-38-34-29-26-23-20-17-14-11-8-5-2/h8,11,17,20,26-27,29-31,36,38,41,62H,4-7,9-10,12-16,18-19,21-25,28,32-35,37,39-40,42-61H2,1-3H3/b11-8-,20-17-,29-26-,31-30-,36-27-,41-38-. The number of hydrogen-bond donors (Lipinski definition) is 0. The number of carbonyl (C=O) groups is 3. The van der Waals surface area contributed by atoms with E-state index < -0.39 is 6.10 Å². The van der Waals surface area contributed by atoms with E-state index in [1.54, 1.807) is 0 Å². The SMILES string of the molecule is CC/C=C\C/C=C\C/C=C\C/C=C\CCCCCCC(=O)OC(COC(=O)CCCCCCC/C=C\CCCCCCCC)COC(=O)CCCCCCCCCCC/C=C\CCCCCCCCCC. The summed E-state index contributed by atoms with van der Waals surface area (Å²) in [5.74, 6) is -0.912. The van der Waals surface area contributed by atoms with Crippen LogP contribution >= 0.6 is 0 Å². The Morgan fingerprint density at radius 2 is 0.549 bits per heavy atom. The van der Waals surface area contributed by atoms with E-state index in [0.717, 1.165) is 103 Å². The Bertz CT molecular complexity index is 1320. The fourth-order valence-electron chi connectivity index (χ4n) is 8.60. The molecule has 0 aromatic heterocycles. The molecule has 1 unspecified atom stereocenters. The zero-order valence-corrected chi connectivity index (χ0v) is 47.0. The van der Waals surface area contributed by atoms with Gasteiger partial charge in [0, 0.05) is 19.3 Å². The second-order valence-corrected chi connectivity index (χ2v) is 20.2. The summed E-state index contributed by atoms with van der Waals surface area (Å²) in [5.41, 5.74) is 0. The van der Waals surface area contributed by atoms with Gasteiger partial charge in [-0.15, -0.1) is 0 Å². The number of carbonyl (C=O) groups excluding carboxylic acids is 3. The lowest BCUT2D eigenvalue weighted by molar-refractivity contribution is -0.167. The third-order valence-corrected chi connectivity index (χ3v) is 13.2. The van der Waals surface area contributed by atoms with Crippen LogP contribution < -0.4 is 0 Å². The molecule has 0 aliphatic rings. The van der Waals surface area contributed by atoms with Crippen molar-refractivity contribution in [3.63, 3.8) is 0 Å². The van der Waals surface area contributed by atoms with Crippen LogP contribution in [0, 0.1) is 0 Å². The first-order valence-corrected chi connectivity index (χ1v) is 30.4. The van der Waals surface area contributed by atoms with Crippen molar-refractivity contribution in [3.8, 4) is 0 Å². The van der Waals surface area contributed by atoms with Crippen molar-refractivity contribution in [1.82, 2.24) is 0 Å². The predicted molar refractivity (Wildman–Crippen MR) is 307 cm³/mol. The Labute approximate surface area is 440 Å². The number of ether oxygens (including phenoxy) is 3. The minimum atomic E-state index is -0.793. The smallest absolute Gasteiger partial charge is 0.306 e. The average molecular weight is 992 g/mol. The van der Waals surface area contributed by atoms with Crippen LogP contribution in [0.15, 0.2) is 72.9 Å². The normalized spacial score (nSPS) is 12.5. The largest absolute Gasteiger partial charge is 0.462 e. The second kappa shape index (κ2) is 59.4. The van der Waals surface area contributed by atoms with Crippen molar-refractivity contribution in [3.05, 3.63) is 72.9 Å². The maximum Gasteiger partial charge on any atom is 0.306 e.